The van der Waals surface area contributed by atoms with Crippen molar-refractivity contribution in [3.8, 4) is 17.0 Å². The Balaban J connectivity index is 1.76. The van der Waals surface area contributed by atoms with E-state index in [2.05, 4.69) is 28.2 Å². The van der Waals surface area contributed by atoms with Crippen LogP contribution in [0.1, 0.15) is 52.8 Å². The normalized spacial score (nSPS) is 10.9. The molecule has 186 valence electrons. The van der Waals surface area contributed by atoms with E-state index in [1.54, 1.807) is 13.0 Å². The minimum atomic E-state index is -0.441. The Morgan fingerprint density at radius 1 is 0.972 bits per heavy atom. The molecular weight excluding hydrogens is 540 g/mol. The van der Waals surface area contributed by atoms with Crippen LogP contribution in [0.2, 0.25) is 0 Å². The van der Waals surface area contributed by atoms with Gasteiger partial charge in [0.1, 0.15) is 10.8 Å². The topological polar surface area (TPSA) is 77.5 Å². The number of fused-ring (bicyclic) bond motifs is 1. The molecule has 0 unspecified atom stereocenters. The fourth-order valence-corrected chi connectivity index (χ4v) is 5.36. The van der Waals surface area contributed by atoms with Crippen LogP contribution in [0.25, 0.3) is 22.2 Å². The smallest absolute Gasteiger partial charge is 0.341 e. The van der Waals surface area contributed by atoms with Gasteiger partial charge < -0.3 is 14.8 Å². The Kier molecular flexibility index (Phi) is 8.38. The highest BCUT2D eigenvalue weighted by Crippen LogP contribution is 2.33. The number of halogens is 1. The highest BCUT2D eigenvalue weighted by atomic mass is 79.9. The summed E-state index contributed by atoms with van der Waals surface area (Å²) >= 11 is 4.91. The van der Waals surface area contributed by atoms with Gasteiger partial charge in [0, 0.05) is 20.3 Å². The average Bonchev–Trinajstić information content (AvgIpc) is 3.26. The molecule has 0 aliphatic carbocycles. The lowest BCUT2D eigenvalue weighted by molar-refractivity contribution is 0.0528. The van der Waals surface area contributed by atoms with Crippen molar-refractivity contribution in [2.45, 2.75) is 33.6 Å². The van der Waals surface area contributed by atoms with E-state index in [1.807, 2.05) is 55.5 Å². The number of benzene rings is 2. The van der Waals surface area contributed by atoms with Gasteiger partial charge in [0.05, 0.1) is 35.6 Å². The van der Waals surface area contributed by atoms with Gasteiger partial charge in [-0.2, -0.15) is 0 Å². The van der Waals surface area contributed by atoms with Crippen molar-refractivity contribution in [2.24, 2.45) is 0 Å². The highest BCUT2D eigenvalue weighted by Gasteiger charge is 2.21. The zero-order chi connectivity index (χ0) is 25.7. The number of rotatable bonds is 9. The number of esters is 1. The maximum atomic E-state index is 13.6. The number of anilines is 1. The SMILES string of the molecule is CCCc1cc(C(=O)OCC)c(NC(=O)c2cc(-c3ccc(OCC)cc3)nc3ccc(Br)cc23)s1. The van der Waals surface area contributed by atoms with Crippen LogP contribution in [-0.2, 0) is 11.2 Å². The molecule has 36 heavy (non-hydrogen) atoms. The van der Waals surface area contributed by atoms with Gasteiger partial charge in [0.25, 0.3) is 5.91 Å². The van der Waals surface area contributed by atoms with Crippen molar-refractivity contribution < 1.29 is 19.1 Å². The lowest BCUT2D eigenvalue weighted by atomic mass is 10.0. The summed E-state index contributed by atoms with van der Waals surface area (Å²) in [6, 6.07) is 16.9. The Morgan fingerprint density at radius 2 is 1.75 bits per heavy atom. The zero-order valence-electron chi connectivity index (χ0n) is 20.4. The van der Waals surface area contributed by atoms with Crippen LogP contribution in [0.3, 0.4) is 0 Å². The highest BCUT2D eigenvalue weighted by molar-refractivity contribution is 9.10. The quantitative estimate of drug-likeness (QED) is 0.212. The van der Waals surface area contributed by atoms with Crippen LogP contribution in [0.4, 0.5) is 5.00 Å². The van der Waals surface area contributed by atoms with E-state index >= 15 is 0 Å². The number of amides is 1. The van der Waals surface area contributed by atoms with Gasteiger partial charge in [0.2, 0.25) is 0 Å². The van der Waals surface area contributed by atoms with Gasteiger partial charge in [-0.3, -0.25) is 4.79 Å². The molecule has 4 rings (SSSR count). The Labute approximate surface area is 222 Å². The lowest BCUT2D eigenvalue weighted by Gasteiger charge is -2.12. The molecule has 0 atom stereocenters. The summed E-state index contributed by atoms with van der Waals surface area (Å²) < 4.78 is 11.6. The molecule has 0 saturated heterocycles. The van der Waals surface area contributed by atoms with E-state index < -0.39 is 5.97 Å². The molecule has 0 spiro atoms. The number of aryl methyl sites for hydroxylation is 1. The molecule has 0 saturated carbocycles. The summed E-state index contributed by atoms with van der Waals surface area (Å²) in [5, 5.41) is 4.17. The van der Waals surface area contributed by atoms with E-state index in [-0.39, 0.29) is 12.5 Å². The van der Waals surface area contributed by atoms with Crippen LogP contribution < -0.4 is 10.1 Å². The summed E-state index contributed by atoms with van der Waals surface area (Å²) in [6.07, 6.45) is 1.75. The van der Waals surface area contributed by atoms with Crippen LogP contribution in [0, 0.1) is 0 Å². The Morgan fingerprint density at radius 3 is 2.44 bits per heavy atom. The van der Waals surface area contributed by atoms with Crippen LogP contribution >= 0.6 is 27.3 Å². The summed E-state index contributed by atoms with van der Waals surface area (Å²) in [5.41, 5.74) is 3.07. The third kappa shape index (κ3) is 5.77. The molecule has 0 fully saturated rings. The third-order valence-electron chi connectivity index (χ3n) is 5.48. The first kappa shape index (κ1) is 25.9. The minimum absolute atomic E-state index is 0.264. The van der Waals surface area contributed by atoms with E-state index in [0.717, 1.165) is 33.5 Å². The standard InChI is InChI=1S/C28H27BrN2O4S/c1-4-7-20-15-23(28(33)35-6-3)27(36-20)31-26(32)22-16-25(17-8-11-19(12-9-17)34-5-2)30-24-13-10-18(29)14-21(22)24/h8-16H,4-7H2,1-3H3,(H,31,32). The molecule has 0 radical (unpaired) electrons. The third-order valence-corrected chi connectivity index (χ3v) is 7.08. The second-order valence-corrected chi connectivity index (χ2v) is 10.1. The number of ether oxygens (including phenoxy) is 2. The predicted octanol–water partition coefficient (Wildman–Crippen LogP) is 7.51. The van der Waals surface area contributed by atoms with Crippen molar-refractivity contribution in [3.63, 3.8) is 0 Å². The van der Waals surface area contributed by atoms with E-state index in [1.165, 1.54) is 11.3 Å². The Hall–Kier alpha value is -3.23. The second-order valence-electron chi connectivity index (χ2n) is 8.05. The van der Waals surface area contributed by atoms with Crippen LogP contribution in [0.15, 0.2) is 59.1 Å². The fraction of sp³-hybridized carbons (Fsp3) is 0.250. The Bertz CT molecular complexity index is 1400. The number of carbonyl (C=O) groups is 2. The monoisotopic (exact) mass is 566 g/mol. The fourth-order valence-electron chi connectivity index (χ4n) is 3.86. The van der Waals surface area contributed by atoms with Gasteiger partial charge in [-0.05, 0) is 74.9 Å². The molecule has 1 N–H and O–H groups in total. The van der Waals surface area contributed by atoms with Crippen LogP contribution in [0.5, 0.6) is 5.75 Å². The average molecular weight is 568 g/mol. The summed E-state index contributed by atoms with van der Waals surface area (Å²) in [6.45, 7) is 6.63. The molecule has 8 heteroatoms. The molecule has 2 heterocycles. The zero-order valence-corrected chi connectivity index (χ0v) is 22.8. The van der Waals surface area contributed by atoms with Crippen molar-refractivity contribution in [1.29, 1.82) is 0 Å². The van der Waals surface area contributed by atoms with Gasteiger partial charge >= 0.3 is 5.97 Å². The molecule has 0 aliphatic heterocycles. The number of hydrogen-bond donors (Lipinski definition) is 1. The van der Waals surface area contributed by atoms with Gasteiger partial charge in [-0.1, -0.05) is 29.3 Å². The van der Waals surface area contributed by atoms with E-state index in [9.17, 15) is 9.59 Å². The number of hydrogen-bond acceptors (Lipinski definition) is 6. The molecule has 2 aromatic carbocycles. The lowest BCUT2D eigenvalue weighted by Crippen LogP contribution is -2.15. The van der Waals surface area contributed by atoms with Crippen molar-refractivity contribution in [2.75, 3.05) is 18.5 Å². The van der Waals surface area contributed by atoms with E-state index in [0.29, 0.717) is 39.3 Å². The second kappa shape index (κ2) is 11.7. The number of aromatic nitrogens is 1. The summed E-state index contributed by atoms with van der Waals surface area (Å²) in [5.74, 6) is 0.0166. The predicted molar refractivity (Wildman–Crippen MR) is 148 cm³/mol. The van der Waals surface area contributed by atoms with Gasteiger partial charge in [0.15, 0.2) is 0 Å². The van der Waals surface area contributed by atoms with Gasteiger partial charge in [-0.25, -0.2) is 9.78 Å². The van der Waals surface area contributed by atoms with Crippen LogP contribution in [-0.4, -0.2) is 30.1 Å². The maximum absolute atomic E-state index is 13.6. The number of thiophene rings is 1. The first-order chi connectivity index (χ1) is 17.4. The molecule has 4 aromatic rings. The number of nitrogens with zero attached hydrogens (tertiary/aromatic N) is 1. The van der Waals surface area contributed by atoms with Crippen molar-refractivity contribution in [3.05, 3.63) is 75.1 Å². The molecular formula is C28H27BrN2O4S. The molecule has 1 amide bonds. The first-order valence-electron chi connectivity index (χ1n) is 11.9. The minimum Gasteiger partial charge on any atom is -0.494 e. The number of carbonyl (C=O) groups excluding carboxylic acids is 2. The number of nitrogens with one attached hydrogen (secondary N) is 1. The molecule has 0 bridgehead atoms. The summed E-state index contributed by atoms with van der Waals surface area (Å²) in [7, 11) is 0. The molecule has 0 aliphatic rings. The molecule has 6 nitrogen and oxygen atoms in total. The number of pyridine rings is 1. The van der Waals surface area contributed by atoms with Crippen molar-refractivity contribution >= 4 is 55.0 Å². The largest absolute Gasteiger partial charge is 0.494 e. The van der Waals surface area contributed by atoms with Gasteiger partial charge in [-0.15, -0.1) is 11.3 Å². The summed E-state index contributed by atoms with van der Waals surface area (Å²) in [4.78, 5) is 32.0. The van der Waals surface area contributed by atoms with Crippen molar-refractivity contribution in [1.82, 2.24) is 4.98 Å². The molecule has 2 aromatic heterocycles. The first-order valence-corrected chi connectivity index (χ1v) is 13.5. The maximum Gasteiger partial charge on any atom is 0.341 e. The van der Waals surface area contributed by atoms with E-state index in [4.69, 9.17) is 14.5 Å².